The summed E-state index contributed by atoms with van der Waals surface area (Å²) in [5, 5.41) is 13.1. The number of carbonyl (C=O) groups is 2. The highest BCUT2D eigenvalue weighted by Crippen LogP contribution is 2.16. The number of amides is 2. The van der Waals surface area contributed by atoms with Crippen LogP contribution in [-0.4, -0.2) is 46.3 Å². The van der Waals surface area contributed by atoms with Crippen molar-refractivity contribution in [3.63, 3.8) is 0 Å². The van der Waals surface area contributed by atoms with Gasteiger partial charge in [-0.05, 0) is 6.92 Å². The van der Waals surface area contributed by atoms with Gasteiger partial charge in [-0.15, -0.1) is 11.3 Å². The monoisotopic (exact) mass is 311 g/mol. The van der Waals surface area contributed by atoms with E-state index in [0.29, 0.717) is 5.69 Å². The Kier molecular flexibility index (Phi) is 5.31. The van der Waals surface area contributed by atoms with E-state index in [4.69, 9.17) is 5.11 Å². The molecule has 1 heterocycles. The molecule has 0 unspecified atom stereocenters. The van der Waals surface area contributed by atoms with Crippen LogP contribution < -0.4 is 5.32 Å². The van der Waals surface area contributed by atoms with E-state index in [2.05, 4.69) is 10.3 Å². The Labute approximate surface area is 116 Å². The molecule has 0 saturated carbocycles. The molecule has 20 heavy (non-hydrogen) atoms. The SMILES string of the molecule is Cc1nc(CNC(=O)N(CC(=O)O)CC(F)(F)F)cs1. The summed E-state index contributed by atoms with van der Waals surface area (Å²) in [6.45, 7) is -0.962. The molecule has 2 N–H and O–H groups in total. The number of thiazole rings is 1. The number of nitrogens with one attached hydrogen (secondary N) is 1. The number of aryl methyl sites for hydroxylation is 1. The molecule has 0 aliphatic heterocycles. The fourth-order valence-corrected chi connectivity index (χ4v) is 1.96. The molecule has 0 aromatic carbocycles. The molecule has 2 amide bonds. The van der Waals surface area contributed by atoms with Crippen molar-refractivity contribution in [2.75, 3.05) is 13.1 Å². The van der Waals surface area contributed by atoms with Crippen molar-refractivity contribution in [3.05, 3.63) is 16.1 Å². The van der Waals surface area contributed by atoms with E-state index in [9.17, 15) is 22.8 Å². The van der Waals surface area contributed by atoms with Gasteiger partial charge in [-0.1, -0.05) is 0 Å². The van der Waals surface area contributed by atoms with Gasteiger partial charge in [0.15, 0.2) is 0 Å². The second-order valence-corrected chi connectivity index (χ2v) is 4.94. The number of hydrogen-bond acceptors (Lipinski definition) is 4. The molecular weight excluding hydrogens is 299 g/mol. The van der Waals surface area contributed by atoms with Crippen molar-refractivity contribution in [1.82, 2.24) is 15.2 Å². The molecule has 6 nitrogen and oxygen atoms in total. The smallest absolute Gasteiger partial charge is 0.406 e. The summed E-state index contributed by atoms with van der Waals surface area (Å²) in [5.41, 5.74) is 0.503. The number of aliphatic carboxylic acids is 1. The Balaban J connectivity index is 2.60. The van der Waals surface area contributed by atoms with Crippen LogP contribution in [0.5, 0.6) is 0 Å². The minimum absolute atomic E-state index is 0.0584. The lowest BCUT2D eigenvalue weighted by molar-refractivity contribution is -0.148. The molecule has 0 atom stereocenters. The minimum Gasteiger partial charge on any atom is -0.480 e. The van der Waals surface area contributed by atoms with E-state index in [1.165, 1.54) is 11.3 Å². The molecular formula is C10H12F3N3O3S. The lowest BCUT2D eigenvalue weighted by Gasteiger charge is -2.22. The van der Waals surface area contributed by atoms with Gasteiger partial charge in [0.25, 0.3) is 0 Å². The van der Waals surface area contributed by atoms with Crippen LogP contribution >= 0.6 is 11.3 Å². The van der Waals surface area contributed by atoms with E-state index in [0.717, 1.165) is 5.01 Å². The predicted octanol–water partition coefficient (Wildman–Crippen LogP) is 1.61. The number of carbonyl (C=O) groups excluding carboxylic acids is 1. The summed E-state index contributed by atoms with van der Waals surface area (Å²) < 4.78 is 36.8. The number of halogens is 3. The average Bonchev–Trinajstić information content (AvgIpc) is 2.68. The highest BCUT2D eigenvalue weighted by atomic mass is 32.1. The molecule has 0 saturated heterocycles. The molecule has 0 aliphatic rings. The van der Waals surface area contributed by atoms with Gasteiger partial charge in [-0.25, -0.2) is 9.78 Å². The molecule has 0 radical (unpaired) electrons. The maximum absolute atomic E-state index is 12.3. The van der Waals surface area contributed by atoms with Gasteiger partial charge in [-0.2, -0.15) is 13.2 Å². The Bertz CT molecular complexity index is 490. The van der Waals surface area contributed by atoms with Gasteiger partial charge in [-0.3, -0.25) is 4.79 Å². The first-order chi connectivity index (χ1) is 9.17. The average molecular weight is 311 g/mol. The first kappa shape index (κ1) is 16.2. The summed E-state index contributed by atoms with van der Waals surface area (Å²) in [7, 11) is 0. The molecule has 1 rings (SSSR count). The fourth-order valence-electron chi connectivity index (χ4n) is 1.35. The van der Waals surface area contributed by atoms with Crippen LogP contribution in [0.25, 0.3) is 0 Å². The lowest BCUT2D eigenvalue weighted by atomic mass is 10.4. The third kappa shape index (κ3) is 5.87. The number of urea groups is 1. The normalized spacial score (nSPS) is 11.2. The van der Waals surface area contributed by atoms with Crippen LogP contribution in [0.2, 0.25) is 0 Å². The van der Waals surface area contributed by atoms with E-state index in [1.54, 1.807) is 12.3 Å². The van der Waals surface area contributed by atoms with Crippen LogP contribution in [-0.2, 0) is 11.3 Å². The second kappa shape index (κ2) is 6.55. The highest BCUT2D eigenvalue weighted by Gasteiger charge is 2.33. The van der Waals surface area contributed by atoms with Crippen molar-refractivity contribution in [2.24, 2.45) is 0 Å². The van der Waals surface area contributed by atoms with Crippen molar-refractivity contribution in [3.8, 4) is 0 Å². The zero-order valence-electron chi connectivity index (χ0n) is 10.4. The number of carboxylic acid groups (broad SMARTS) is 1. The molecule has 0 bridgehead atoms. The fraction of sp³-hybridized carbons (Fsp3) is 0.500. The number of alkyl halides is 3. The summed E-state index contributed by atoms with van der Waals surface area (Å²) >= 11 is 1.33. The standard InChI is InChI=1S/C10H12F3N3O3S/c1-6-15-7(4-20-6)2-14-9(19)16(3-8(17)18)5-10(11,12)13/h4H,2-3,5H2,1H3,(H,14,19)(H,17,18). The maximum atomic E-state index is 12.3. The minimum atomic E-state index is -4.66. The number of aromatic nitrogens is 1. The molecule has 1 aromatic rings. The van der Waals surface area contributed by atoms with Crippen LogP contribution in [0.3, 0.4) is 0 Å². The van der Waals surface area contributed by atoms with Crippen LogP contribution in [0.4, 0.5) is 18.0 Å². The summed E-state index contributed by atoms with van der Waals surface area (Å²) in [6.07, 6.45) is -4.66. The Morgan fingerprint density at radius 2 is 2.15 bits per heavy atom. The van der Waals surface area contributed by atoms with Crippen molar-refractivity contribution in [1.29, 1.82) is 0 Å². The third-order valence-electron chi connectivity index (χ3n) is 2.07. The van der Waals surface area contributed by atoms with Gasteiger partial charge >= 0.3 is 18.2 Å². The van der Waals surface area contributed by atoms with Crippen LogP contribution in [0, 0.1) is 6.92 Å². The number of carboxylic acids is 1. The zero-order chi connectivity index (χ0) is 15.3. The van der Waals surface area contributed by atoms with E-state index in [1.807, 2.05) is 0 Å². The molecule has 112 valence electrons. The quantitative estimate of drug-likeness (QED) is 0.865. The molecule has 0 fully saturated rings. The van der Waals surface area contributed by atoms with Crippen molar-refractivity contribution in [2.45, 2.75) is 19.6 Å². The predicted molar refractivity (Wildman–Crippen MR) is 64.4 cm³/mol. The number of rotatable bonds is 5. The zero-order valence-corrected chi connectivity index (χ0v) is 11.2. The van der Waals surface area contributed by atoms with Crippen molar-refractivity contribution < 1.29 is 27.9 Å². The molecule has 0 spiro atoms. The van der Waals surface area contributed by atoms with Gasteiger partial charge in [0.2, 0.25) is 0 Å². The summed E-state index contributed by atoms with van der Waals surface area (Å²) in [4.78, 5) is 26.2. The topological polar surface area (TPSA) is 82.5 Å². The van der Waals surface area contributed by atoms with E-state index >= 15 is 0 Å². The largest absolute Gasteiger partial charge is 0.480 e. The molecule has 1 aromatic heterocycles. The lowest BCUT2D eigenvalue weighted by Crippen LogP contribution is -2.46. The van der Waals surface area contributed by atoms with Gasteiger partial charge in [0.1, 0.15) is 13.1 Å². The summed E-state index contributed by atoms with van der Waals surface area (Å²) in [5.74, 6) is -1.52. The maximum Gasteiger partial charge on any atom is 0.406 e. The van der Waals surface area contributed by atoms with E-state index in [-0.39, 0.29) is 11.4 Å². The third-order valence-corrected chi connectivity index (χ3v) is 2.89. The highest BCUT2D eigenvalue weighted by molar-refractivity contribution is 7.09. The van der Waals surface area contributed by atoms with Gasteiger partial charge in [0, 0.05) is 5.38 Å². The van der Waals surface area contributed by atoms with Crippen LogP contribution in [0.15, 0.2) is 5.38 Å². The van der Waals surface area contributed by atoms with Gasteiger partial charge in [0.05, 0.1) is 17.2 Å². The molecule has 10 heteroatoms. The van der Waals surface area contributed by atoms with Crippen molar-refractivity contribution >= 4 is 23.3 Å². The van der Waals surface area contributed by atoms with Crippen LogP contribution in [0.1, 0.15) is 10.7 Å². The Hall–Kier alpha value is -1.84. The van der Waals surface area contributed by atoms with Gasteiger partial charge < -0.3 is 15.3 Å². The first-order valence-electron chi connectivity index (χ1n) is 5.39. The number of hydrogen-bond donors (Lipinski definition) is 2. The Morgan fingerprint density at radius 3 is 2.60 bits per heavy atom. The first-order valence-corrected chi connectivity index (χ1v) is 6.27. The van der Waals surface area contributed by atoms with E-state index < -0.39 is 31.3 Å². The Morgan fingerprint density at radius 1 is 1.50 bits per heavy atom. The summed E-state index contributed by atoms with van der Waals surface area (Å²) in [6, 6.07) is -1.10. The molecule has 0 aliphatic carbocycles. The number of nitrogens with zero attached hydrogens (tertiary/aromatic N) is 2. The second-order valence-electron chi connectivity index (χ2n) is 3.88.